The summed E-state index contributed by atoms with van der Waals surface area (Å²) >= 11 is 0. The van der Waals surface area contributed by atoms with E-state index in [1.165, 1.54) is 6.20 Å². The number of nitrogens with zero attached hydrogens (tertiary/aromatic N) is 3. The Morgan fingerprint density at radius 3 is 2.65 bits per heavy atom. The maximum atomic E-state index is 12.3. The van der Waals surface area contributed by atoms with Crippen molar-refractivity contribution in [1.82, 2.24) is 30.6 Å². The van der Waals surface area contributed by atoms with Crippen LogP contribution in [-0.4, -0.2) is 44.8 Å². The Morgan fingerprint density at radius 2 is 1.94 bits per heavy atom. The highest BCUT2D eigenvalue weighted by Gasteiger charge is 2.11. The Labute approximate surface area is 177 Å². The van der Waals surface area contributed by atoms with Gasteiger partial charge in [-0.2, -0.15) is 4.98 Å². The van der Waals surface area contributed by atoms with Gasteiger partial charge in [0.2, 0.25) is 11.9 Å². The van der Waals surface area contributed by atoms with Gasteiger partial charge in [-0.05, 0) is 37.6 Å². The number of aromatic nitrogens is 4. The number of benzene rings is 1. The summed E-state index contributed by atoms with van der Waals surface area (Å²) in [5, 5.41) is 8.60. The second kappa shape index (κ2) is 9.65. The summed E-state index contributed by atoms with van der Waals surface area (Å²) < 4.78 is 0. The van der Waals surface area contributed by atoms with E-state index in [4.69, 9.17) is 5.73 Å². The van der Waals surface area contributed by atoms with Crippen LogP contribution in [0.15, 0.2) is 35.3 Å². The van der Waals surface area contributed by atoms with Gasteiger partial charge < -0.3 is 21.7 Å². The van der Waals surface area contributed by atoms with Gasteiger partial charge in [0, 0.05) is 30.8 Å². The average molecular weight is 424 g/mol. The zero-order valence-electron chi connectivity index (χ0n) is 17.2. The van der Waals surface area contributed by atoms with Gasteiger partial charge >= 0.3 is 0 Å². The van der Waals surface area contributed by atoms with Crippen molar-refractivity contribution in [1.29, 1.82) is 0 Å². The van der Waals surface area contributed by atoms with Crippen LogP contribution in [0.5, 0.6) is 0 Å². The first kappa shape index (κ1) is 21.7. The molecule has 0 aliphatic rings. The summed E-state index contributed by atoms with van der Waals surface area (Å²) in [5.41, 5.74) is 7.19. The summed E-state index contributed by atoms with van der Waals surface area (Å²) in [6.45, 7) is 2.19. The molecule has 0 saturated heterocycles. The lowest BCUT2D eigenvalue weighted by molar-refractivity contribution is -0.120. The minimum Gasteiger partial charge on any atom is -0.379 e. The number of aromatic amines is 1. The molecule has 0 spiro atoms. The summed E-state index contributed by atoms with van der Waals surface area (Å²) in [7, 11) is 1.58. The largest absolute Gasteiger partial charge is 0.379 e. The van der Waals surface area contributed by atoms with Crippen LogP contribution in [0.2, 0.25) is 0 Å². The molecule has 162 valence electrons. The molecular weight excluding hydrogens is 400 g/mol. The van der Waals surface area contributed by atoms with Crippen LogP contribution in [0.3, 0.4) is 0 Å². The molecule has 0 fully saturated rings. The number of hydrogen-bond donors (Lipinski definition) is 5. The number of nitrogens with two attached hydrogens (primary N) is 1. The van der Waals surface area contributed by atoms with Gasteiger partial charge in [0.05, 0.1) is 18.4 Å². The van der Waals surface area contributed by atoms with E-state index in [1.54, 1.807) is 31.3 Å². The topological polar surface area (TPSA) is 168 Å². The van der Waals surface area contributed by atoms with Gasteiger partial charge in [0.25, 0.3) is 11.5 Å². The summed E-state index contributed by atoms with van der Waals surface area (Å²) in [6, 6.07) is 6.82. The molecule has 2 heterocycles. The molecule has 0 radical (unpaired) electrons. The molecule has 0 saturated carbocycles. The van der Waals surface area contributed by atoms with E-state index in [0.29, 0.717) is 30.6 Å². The van der Waals surface area contributed by atoms with Gasteiger partial charge in [-0.1, -0.05) is 0 Å². The zero-order chi connectivity index (χ0) is 22.4. The van der Waals surface area contributed by atoms with E-state index in [0.717, 1.165) is 5.69 Å². The summed E-state index contributed by atoms with van der Waals surface area (Å²) in [4.78, 5) is 50.3. The quantitative estimate of drug-likeness (QED) is 0.349. The lowest BCUT2D eigenvalue weighted by atomic mass is 10.1. The molecule has 11 nitrogen and oxygen atoms in total. The molecule has 1 atom stereocenters. The van der Waals surface area contributed by atoms with Crippen LogP contribution in [0.25, 0.3) is 11.2 Å². The first-order chi connectivity index (χ1) is 14.9. The molecule has 3 rings (SSSR count). The van der Waals surface area contributed by atoms with E-state index in [2.05, 4.69) is 35.9 Å². The highest BCUT2D eigenvalue weighted by Crippen LogP contribution is 2.12. The Morgan fingerprint density at radius 1 is 1.19 bits per heavy atom. The first-order valence-electron chi connectivity index (χ1n) is 9.72. The van der Waals surface area contributed by atoms with Crippen molar-refractivity contribution in [3.8, 4) is 0 Å². The van der Waals surface area contributed by atoms with Crippen molar-refractivity contribution in [2.24, 2.45) is 0 Å². The van der Waals surface area contributed by atoms with Crippen molar-refractivity contribution < 1.29 is 9.59 Å². The fourth-order valence-electron chi connectivity index (χ4n) is 2.84. The van der Waals surface area contributed by atoms with E-state index in [1.807, 2.05) is 6.92 Å². The predicted octanol–water partition coefficient (Wildman–Crippen LogP) is 0.552. The predicted molar refractivity (Wildman–Crippen MR) is 116 cm³/mol. The fourth-order valence-corrected chi connectivity index (χ4v) is 2.84. The van der Waals surface area contributed by atoms with Gasteiger partial charge in [0.1, 0.15) is 0 Å². The number of H-pyrrole nitrogens is 1. The lowest BCUT2D eigenvalue weighted by Crippen LogP contribution is -2.33. The number of carbonyl (C=O) groups is 2. The number of anilines is 2. The third kappa shape index (κ3) is 5.75. The highest BCUT2D eigenvalue weighted by atomic mass is 16.2. The minimum absolute atomic E-state index is 0.0114. The number of nitrogens with one attached hydrogen (secondary N) is 4. The standard InChI is InChI=1S/C20H24N8O3/c1-11(3-8-15(29)22-2)25-18(30)12-4-6-13(7-5-12)23-9-14-10-24-17-16(26-14)19(31)28-20(21)27-17/h4-7,10-11,23H,3,8-9H2,1-2H3,(H,22,29)(H,25,30)(H3,21,24,27,28,31)/t11-/m1/s1. The fraction of sp³-hybridized carbons (Fsp3) is 0.300. The number of amides is 2. The second-order valence-corrected chi connectivity index (χ2v) is 7.00. The SMILES string of the molecule is CNC(=O)CC[C@@H](C)NC(=O)c1ccc(NCc2cnc3nc(N)[nH]c(=O)c3n2)cc1. The van der Waals surface area contributed by atoms with Crippen molar-refractivity contribution in [2.45, 2.75) is 32.4 Å². The monoisotopic (exact) mass is 424 g/mol. The van der Waals surface area contributed by atoms with E-state index in [-0.39, 0.29) is 35.0 Å². The number of rotatable bonds is 8. The Bertz CT molecular complexity index is 1140. The molecule has 1 aromatic carbocycles. The maximum Gasteiger partial charge on any atom is 0.280 e. The number of fused-ring (bicyclic) bond motifs is 1. The maximum absolute atomic E-state index is 12.3. The van der Waals surface area contributed by atoms with Crippen LogP contribution in [0.1, 0.15) is 35.8 Å². The smallest absolute Gasteiger partial charge is 0.280 e. The van der Waals surface area contributed by atoms with Gasteiger partial charge in [0.15, 0.2) is 11.2 Å². The number of carbonyl (C=O) groups excluding carboxylic acids is 2. The van der Waals surface area contributed by atoms with Crippen molar-refractivity contribution >= 4 is 34.6 Å². The van der Waals surface area contributed by atoms with Crippen LogP contribution >= 0.6 is 0 Å². The second-order valence-electron chi connectivity index (χ2n) is 7.00. The van der Waals surface area contributed by atoms with Crippen LogP contribution in [0.4, 0.5) is 11.6 Å². The molecule has 31 heavy (non-hydrogen) atoms. The first-order valence-corrected chi connectivity index (χ1v) is 9.72. The lowest BCUT2D eigenvalue weighted by Gasteiger charge is -2.14. The van der Waals surface area contributed by atoms with Gasteiger partial charge in [-0.25, -0.2) is 9.97 Å². The van der Waals surface area contributed by atoms with Crippen LogP contribution in [0, 0.1) is 0 Å². The van der Waals surface area contributed by atoms with Gasteiger partial charge in [-0.3, -0.25) is 19.4 Å². The third-order valence-corrected chi connectivity index (χ3v) is 4.57. The normalized spacial score (nSPS) is 11.7. The third-order valence-electron chi connectivity index (χ3n) is 4.57. The van der Waals surface area contributed by atoms with E-state index < -0.39 is 5.56 Å². The molecule has 6 N–H and O–H groups in total. The Kier molecular flexibility index (Phi) is 6.75. The van der Waals surface area contributed by atoms with Crippen LogP contribution < -0.4 is 27.2 Å². The molecular formula is C20H24N8O3. The van der Waals surface area contributed by atoms with Crippen LogP contribution in [-0.2, 0) is 11.3 Å². The molecule has 0 bridgehead atoms. The molecule has 2 amide bonds. The summed E-state index contributed by atoms with van der Waals surface area (Å²) in [5.74, 6) is -0.275. The van der Waals surface area contributed by atoms with Crippen molar-refractivity contribution in [3.05, 3.63) is 52.1 Å². The average Bonchev–Trinajstić information content (AvgIpc) is 2.76. The highest BCUT2D eigenvalue weighted by molar-refractivity contribution is 5.94. The zero-order valence-corrected chi connectivity index (χ0v) is 17.2. The molecule has 0 aliphatic heterocycles. The number of hydrogen-bond acceptors (Lipinski definition) is 8. The van der Waals surface area contributed by atoms with Gasteiger partial charge in [-0.15, -0.1) is 0 Å². The molecule has 2 aromatic heterocycles. The van der Waals surface area contributed by atoms with E-state index >= 15 is 0 Å². The number of nitrogen functional groups attached to an aromatic ring is 1. The molecule has 0 unspecified atom stereocenters. The summed E-state index contributed by atoms with van der Waals surface area (Å²) in [6.07, 6.45) is 2.43. The molecule has 11 heteroatoms. The Hall–Kier alpha value is -4.02. The minimum atomic E-state index is -0.447. The van der Waals surface area contributed by atoms with Crippen molar-refractivity contribution in [2.75, 3.05) is 18.1 Å². The molecule has 3 aromatic rings. The molecule has 0 aliphatic carbocycles. The van der Waals surface area contributed by atoms with Crippen molar-refractivity contribution in [3.63, 3.8) is 0 Å². The van der Waals surface area contributed by atoms with E-state index in [9.17, 15) is 14.4 Å². The Balaban J connectivity index is 1.57.